The summed E-state index contributed by atoms with van der Waals surface area (Å²) in [6, 6.07) is -0.616. The highest BCUT2D eigenvalue weighted by atomic mass is 16.6. The third kappa shape index (κ3) is 40.7. The van der Waals surface area contributed by atoms with E-state index in [1.165, 1.54) is 109 Å². The van der Waals surface area contributed by atoms with E-state index in [1.54, 1.807) is 0 Å². The largest absolute Gasteiger partial charge is 0.477 e. The molecule has 1 N–H and O–H groups in total. The topological polar surface area (TPSA) is 99.1 Å². The van der Waals surface area contributed by atoms with Crippen molar-refractivity contribution in [1.29, 1.82) is 0 Å². The van der Waals surface area contributed by atoms with Gasteiger partial charge >= 0.3 is 17.9 Å². The molecule has 348 valence electrons. The number of rotatable bonds is 44. The van der Waals surface area contributed by atoms with Crippen LogP contribution in [0, 0.1) is 0 Å². The van der Waals surface area contributed by atoms with Crippen LogP contribution >= 0.6 is 0 Å². The molecular weight excluding hydrogens is 751 g/mol. The smallest absolute Gasteiger partial charge is 0.362 e. The molecule has 0 rings (SSSR count). The number of allylic oxidation sites excluding steroid dienone is 8. The molecule has 0 aromatic carbocycles. The van der Waals surface area contributed by atoms with Crippen LogP contribution < -0.4 is 0 Å². The van der Waals surface area contributed by atoms with Crippen molar-refractivity contribution in [3.05, 3.63) is 48.6 Å². The molecule has 8 nitrogen and oxygen atoms in total. The molecule has 0 radical (unpaired) electrons. The fourth-order valence-electron chi connectivity index (χ4n) is 7.20. The second-order valence-corrected chi connectivity index (χ2v) is 17.7. The SMILES string of the molecule is CC/C=C/C/C=C/C/C=C/C/C=C/CCCCCCCCCC(=O)OCC(COCCC(C(=O)O)[N+](C)(C)C)OC(=O)CCCCCCCCCCCCCCCCCC. The zero-order chi connectivity index (χ0) is 44.2. The van der Waals surface area contributed by atoms with Crippen molar-refractivity contribution in [3.63, 3.8) is 0 Å². The second-order valence-electron chi connectivity index (χ2n) is 17.7. The lowest BCUT2D eigenvalue weighted by atomic mass is 10.0. The molecule has 0 aliphatic heterocycles. The molecule has 0 aromatic heterocycles. The van der Waals surface area contributed by atoms with Crippen molar-refractivity contribution in [2.24, 2.45) is 0 Å². The molecule has 0 heterocycles. The number of ether oxygens (including phenoxy) is 3. The number of hydrogen-bond acceptors (Lipinski definition) is 6. The molecule has 0 aliphatic carbocycles. The van der Waals surface area contributed by atoms with Gasteiger partial charge in [0.1, 0.15) is 6.61 Å². The maximum atomic E-state index is 12.8. The Morgan fingerprint density at radius 1 is 0.517 bits per heavy atom. The van der Waals surface area contributed by atoms with Gasteiger partial charge in [0.2, 0.25) is 0 Å². The Balaban J connectivity index is 4.27. The van der Waals surface area contributed by atoms with Crippen molar-refractivity contribution in [3.8, 4) is 0 Å². The van der Waals surface area contributed by atoms with E-state index >= 15 is 0 Å². The van der Waals surface area contributed by atoms with Crippen LogP contribution in [0.15, 0.2) is 48.6 Å². The minimum atomic E-state index is -0.875. The number of carboxylic acids is 1. The Hall–Kier alpha value is -2.71. The maximum absolute atomic E-state index is 12.8. The van der Waals surface area contributed by atoms with Crippen LogP contribution in [-0.4, -0.2) is 80.6 Å². The Labute approximate surface area is 369 Å². The Kier molecular flexibility index (Phi) is 41.0. The zero-order valence-corrected chi connectivity index (χ0v) is 39.7. The minimum Gasteiger partial charge on any atom is -0.477 e. The van der Waals surface area contributed by atoms with Gasteiger partial charge in [0.25, 0.3) is 0 Å². The lowest BCUT2D eigenvalue weighted by molar-refractivity contribution is -0.887. The number of carbonyl (C=O) groups excluding carboxylic acids is 2. The average Bonchev–Trinajstić information content (AvgIpc) is 3.21. The molecule has 2 atom stereocenters. The van der Waals surface area contributed by atoms with Crippen molar-refractivity contribution >= 4 is 17.9 Å². The number of esters is 2. The molecule has 0 spiro atoms. The second kappa shape index (κ2) is 43.0. The van der Waals surface area contributed by atoms with Crippen molar-refractivity contribution in [1.82, 2.24) is 0 Å². The van der Waals surface area contributed by atoms with Crippen molar-refractivity contribution < 1.29 is 38.2 Å². The summed E-state index contributed by atoms with van der Waals surface area (Å²) in [6.45, 7) is 4.64. The minimum absolute atomic E-state index is 0.0551. The maximum Gasteiger partial charge on any atom is 0.362 e. The molecule has 60 heavy (non-hydrogen) atoms. The zero-order valence-electron chi connectivity index (χ0n) is 39.7. The predicted molar refractivity (Wildman–Crippen MR) is 252 cm³/mol. The van der Waals surface area contributed by atoms with Crippen LogP contribution in [0.2, 0.25) is 0 Å². The third-order valence-corrected chi connectivity index (χ3v) is 11.0. The van der Waals surface area contributed by atoms with Gasteiger partial charge in [0.15, 0.2) is 12.1 Å². The number of nitrogens with zero attached hydrogens (tertiary/aromatic N) is 1. The molecule has 0 saturated carbocycles. The molecule has 8 heteroatoms. The summed E-state index contributed by atoms with van der Waals surface area (Å²) >= 11 is 0. The first-order valence-corrected chi connectivity index (χ1v) is 24.7. The Morgan fingerprint density at radius 2 is 0.933 bits per heavy atom. The number of likely N-dealkylation sites (N-methyl/N-ethyl adjacent to an activating group) is 1. The van der Waals surface area contributed by atoms with E-state index in [0.717, 1.165) is 70.6 Å². The van der Waals surface area contributed by atoms with E-state index in [4.69, 9.17) is 14.2 Å². The highest BCUT2D eigenvalue weighted by molar-refractivity contribution is 5.72. The van der Waals surface area contributed by atoms with Crippen LogP contribution in [0.1, 0.15) is 213 Å². The van der Waals surface area contributed by atoms with Crippen LogP contribution in [0.4, 0.5) is 0 Å². The molecule has 0 saturated heterocycles. The first-order chi connectivity index (χ1) is 29.1. The monoisotopic (exact) mass is 845 g/mol. The number of aliphatic carboxylic acids is 1. The lowest BCUT2D eigenvalue weighted by Gasteiger charge is -2.31. The average molecular weight is 845 g/mol. The van der Waals surface area contributed by atoms with E-state index in [2.05, 4.69) is 62.5 Å². The molecule has 0 aliphatic rings. The summed E-state index contributed by atoms with van der Waals surface area (Å²) in [5.41, 5.74) is 0. The number of carbonyl (C=O) groups is 3. The molecule has 0 aromatic rings. The first-order valence-electron chi connectivity index (χ1n) is 24.7. The van der Waals surface area contributed by atoms with Crippen LogP contribution in [0.5, 0.6) is 0 Å². The summed E-state index contributed by atoms with van der Waals surface area (Å²) in [4.78, 5) is 37.1. The van der Waals surface area contributed by atoms with Gasteiger partial charge in [-0.25, -0.2) is 4.79 Å². The standard InChI is InChI=1S/C52H93NO7/c1-6-8-10-12-14-16-18-20-22-24-25-26-27-29-30-32-34-36-38-40-42-50(54)59-47-48(46-58-45-44-49(52(56)57)53(3,4)5)60-51(55)43-41-39-37-35-33-31-28-23-21-19-17-15-13-11-9-7-2/h8,10,14,16,20,22,25-26,48-49H,6-7,9,11-13,15,17-19,21,23-24,27-47H2,1-5H3/p+1/b10-8+,16-14+,22-20+,26-25+. The fourth-order valence-corrected chi connectivity index (χ4v) is 7.20. The fraction of sp³-hybridized carbons (Fsp3) is 0.788. The summed E-state index contributed by atoms with van der Waals surface area (Å²) in [6.07, 6.45) is 51.5. The van der Waals surface area contributed by atoms with E-state index < -0.39 is 18.1 Å². The van der Waals surface area contributed by atoms with Crippen LogP contribution in [-0.2, 0) is 28.6 Å². The molecule has 0 fully saturated rings. The summed E-state index contributed by atoms with van der Waals surface area (Å²) in [5, 5.41) is 9.64. The quantitative estimate of drug-likeness (QED) is 0.0282. The Morgan fingerprint density at radius 3 is 1.38 bits per heavy atom. The van der Waals surface area contributed by atoms with Crippen LogP contribution in [0.3, 0.4) is 0 Å². The van der Waals surface area contributed by atoms with Gasteiger partial charge in [0.05, 0.1) is 34.4 Å². The van der Waals surface area contributed by atoms with Gasteiger partial charge in [-0.05, 0) is 51.4 Å². The van der Waals surface area contributed by atoms with Gasteiger partial charge in [-0.3, -0.25) is 9.59 Å². The molecule has 0 bridgehead atoms. The lowest BCUT2D eigenvalue weighted by Crippen LogP contribution is -2.50. The van der Waals surface area contributed by atoms with E-state index in [1.807, 2.05) is 21.1 Å². The number of quaternary nitrogens is 1. The molecular formula is C52H94NO7+. The highest BCUT2D eigenvalue weighted by Crippen LogP contribution is 2.16. The van der Waals surface area contributed by atoms with E-state index in [-0.39, 0.29) is 36.2 Å². The summed E-state index contributed by atoms with van der Waals surface area (Å²) in [5.74, 6) is -1.47. The van der Waals surface area contributed by atoms with Gasteiger partial charge in [-0.1, -0.05) is 191 Å². The molecule has 0 amide bonds. The molecule has 2 unspecified atom stereocenters. The van der Waals surface area contributed by atoms with Gasteiger partial charge in [0, 0.05) is 19.3 Å². The summed E-state index contributed by atoms with van der Waals surface area (Å²) in [7, 11) is 5.53. The number of unbranched alkanes of at least 4 members (excludes halogenated alkanes) is 22. The Bertz CT molecular complexity index is 1120. The normalized spacial score (nSPS) is 13.3. The van der Waals surface area contributed by atoms with Gasteiger partial charge < -0.3 is 23.8 Å². The highest BCUT2D eigenvalue weighted by Gasteiger charge is 2.31. The van der Waals surface area contributed by atoms with E-state index in [9.17, 15) is 19.5 Å². The van der Waals surface area contributed by atoms with E-state index in [0.29, 0.717) is 19.3 Å². The van der Waals surface area contributed by atoms with Crippen molar-refractivity contribution in [2.45, 2.75) is 225 Å². The first kappa shape index (κ1) is 57.3. The van der Waals surface area contributed by atoms with Gasteiger partial charge in [-0.2, -0.15) is 0 Å². The van der Waals surface area contributed by atoms with Crippen LogP contribution in [0.25, 0.3) is 0 Å². The predicted octanol–water partition coefficient (Wildman–Crippen LogP) is 14.0. The van der Waals surface area contributed by atoms with Gasteiger partial charge in [-0.15, -0.1) is 0 Å². The third-order valence-electron chi connectivity index (χ3n) is 11.0. The number of carboxylic acid groups (broad SMARTS) is 1. The van der Waals surface area contributed by atoms with Crippen molar-refractivity contribution in [2.75, 3.05) is 41.0 Å². The summed E-state index contributed by atoms with van der Waals surface area (Å²) < 4.78 is 17.3. The number of hydrogen-bond donors (Lipinski definition) is 1.